The van der Waals surface area contributed by atoms with Gasteiger partial charge in [-0.1, -0.05) is 0 Å². The van der Waals surface area contributed by atoms with E-state index >= 15 is 0 Å². The molecular formula is C13H19FIN2O-. The summed E-state index contributed by atoms with van der Waals surface area (Å²) < 4.78 is 21.7. The first-order chi connectivity index (χ1) is 8.76. The van der Waals surface area contributed by atoms with Crippen LogP contribution in [0.5, 0.6) is 5.75 Å². The number of rotatable bonds is 4. The Hall–Kier alpha value is -0.560. The van der Waals surface area contributed by atoms with Gasteiger partial charge >= 0.3 is 119 Å². The Kier molecular flexibility index (Phi) is 5.05. The molecule has 0 aromatic heterocycles. The van der Waals surface area contributed by atoms with Crippen LogP contribution >= 0.6 is 0 Å². The van der Waals surface area contributed by atoms with Crippen molar-refractivity contribution in [2.75, 3.05) is 42.6 Å². The van der Waals surface area contributed by atoms with Crippen molar-refractivity contribution >= 4 is 5.69 Å². The predicted molar refractivity (Wildman–Crippen MR) is 67.3 cm³/mol. The molecule has 0 bridgehead atoms. The minimum absolute atomic E-state index is 0.177. The van der Waals surface area contributed by atoms with Crippen LogP contribution in [0.15, 0.2) is 18.2 Å². The Morgan fingerprint density at radius 3 is 2.61 bits per heavy atom. The molecule has 1 fully saturated rings. The van der Waals surface area contributed by atoms with Crippen molar-refractivity contribution in [2.24, 2.45) is 0 Å². The molecule has 1 heterocycles. The van der Waals surface area contributed by atoms with E-state index in [-0.39, 0.29) is 27.3 Å². The van der Waals surface area contributed by atoms with Crippen LogP contribution < -0.4 is 31.1 Å². The average Bonchev–Trinajstić information content (AvgIpc) is 2.41. The Bertz CT molecular complexity index is 395. The topological polar surface area (TPSA) is 15.7 Å². The second kappa shape index (κ2) is 6.56. The van der Waals surface area contributed by atoms with Crippen molar-refractivity contribution in [3.05, 3.63) is 24.0 Å². The van der Waals surface area contributed by atoms with Gasteiger partial charge in [-0.15, -0.1) is 0 Å². The van der Waals surface area contributed by atoms with E-state index in [0.29, 0.717) is 12.4 Å². The Morgan fingerprint density at radius 1 is 1.28 bits per heavy atom. The van der Waals surface area contributed by atoms with E-state index < -0.39 is 0 Å². The SMILES string of the molecule is CCOc1c(F)cccc1N1CCN([I-]C)CC1. The summed E-state index contributed by atoms with van der Waals surface area (Å²) in [6, 6.07) is 5.17. The number of anilines is 1. The van der Waals surface area contributed by atoms with Gasteiger partial charge in [0.15, 0.2) is 0 Å². The molecule has 0 aliphatic carbocycles. The zero-order valence-corrected chi connectivity index (χ0v) is 13.0. The van der Waals surface area contributed by atoms with Crippen LogP contribution in [0.4, 0.5) is 10.1 Å². The fourth-order valence-corrected chi connectivity index (χ4v) is 3.52. The van der Waals surface area contributed by atoms with Crippen molar-refractivity contribution in [3.63, 3.8) is 0 Å². The quantitative estimate of drug-likeness (QED) is 0.386. The molecule has 1 saturated heterocycles. The monoisotopic (exact) mass is 365 g/mol. The molecule has 0 unspecified atom stereocenters. The van der Waals surface area contributed by atoms with E-state index in [4.69, 9.17) is 4.74 Å². The van der Waals surface area contributed by atoms with Crippen LogP contribution in [0.1, 0.15) is 6.92 Å². The molecule has 5 heteroatoms. The molecule has 1 aromatic rings. The predicted octanol–water partition coefficient (Wildman–Crippen LogP) is -1.02. The molecular weight excluding hydrogens is 346 g/mol. The van der Waals surface area contributed by atoms with Gasteiger partial charge < -0.3 is 0 Å². The fraction of sp³-hybridized carbons (Fsp3) is 0.538. The van der Waals surface area contributed by atoms with Crippen molar-refractivity contribution in [2.45, 2.75) is 6.92 Å². The Morgan fingerprint density at radius 2 is 2.00 bits per heavy atom. The molecule has 0 saturated carbocycles. The number of hydrogen-bond donors (Lipinski definition) is 0. The number of nitrogens with zero attached hydrogens (tertiary/aromatic N) is 2. The summed E-state index contributed by atoms with van der Waals surface area (Å²) in [4.78, 5) is 4.51. The van der Waals surface area contributed by atoms with Crippen LogP contribution in [0, 0.1) is 5.82 Å². The third kappa shape index (κ3) is 3.06. The maximum absolute atomic E-state index is 13.8. The van der Waals surface area contributed by atoms with Crippen LogP contribution in [0.3, 0.4) is 0 Å². The molecule has 1 aliphatic heterocycles. The van der Waals surface area contributed by atoms with E-state index in [1.807, 2.05) is 13.0 Å². The maximum atomic E-state index is 13.8. The van der Waals surface area contributed by atoms with E-state index in [1.165, 1.54) is 6.07 Å². The molecule has 1 aliphatic rings. The minimum atomic E-state index is -0.264. The second-order valence-electron chi connectivity index (χ2n) is 4.09. The number of alkyl halides is 1. The summed E-state index contributed by atoms with van der Waals surface area (Å²) in [6.07, 6.45) is 0. The van der Waals surface area contributed by atoms with Crippen molar-refractivity contribution in [1.29, 1.82) is 0 Å². The van der Waals surface area contributed by atoms with Crippen molar-refractivity contribution in [1.82, 2.24) is 3.11 Å². The second-order valence-corrected chi connectivity index (χ2v) is 6.42. The zero-order chi connectivity index (χ0) is 13.0. The zero-order valence-electron chi connectivity index (χ0n) is 10.8. The van der Waals surface area contributed by atoms with Crippen LogP contribution in [0.2, 0.25) is 0 Å². The molecule has 0 atom stereocenters. The molecule has 0 amide bonds. The molecule has 2 rings (SSSR count). The molecule has 1 aromatic carbocycles. The van der Waals surface area contributed by atoms with Gasteiger partial charge in [-0.2, -0.15) is 0 Å². The standard InChI is InChI=1S/C13H19FIN2O/c1-3-18-13-11(14)5-4-6-12(13)16-7-9-17(15-2)10-8-16/h4-6H,3,7-10H2,1-2H3/q-1. The van der Waals surface area contributed by atoms with Crippen molar-refractivity contribution < 1.29 is 30.6 Å². The number of piperazine rings is 1. The van der Waals surface area contributed by atoms with Crippen LogP contribution in [-0.2, 0) is 0 Å². The van der Waals surface area contributed by atoms with Gasteiger partial charge in [0, 0.05) is 0 Å². The number of benzene rings is 1. The van der Waals surface area contributed by atoms with E-state index in [1.54, 1.807) is 6.07 Å². The Balaban J connectivity index is 2.15. The van der Waals surface area contributed by atoms with E-state index in [0.717, 1.165) is 31.9 Å². The first-order valence-electron chi connectivity index (χ1n) is 6.17. The third-order valence-electron chi connectivity index (χ3n) is 3.04. The molecule has 0 N–H and O–H groups in total. The summed E-state index contributed by atoms with van der Waals surface area (Å²) in [6.45, 7) is 6.44. The molecule has 18 heavy (non-hydrogen) atoms. The number of para-hydroxylation sites is 1. The van der Waals surface area contributed by atoms with Gasteiger partial charge in [-0.25, -0.2) is 0 Å². The summed E-state index contributed by atoms with van der Waals surface area (Å²) >= 11 is 0.177. The number of hydrogen-bond acceptors (Lipinski definition) is 3. The summed E-state index contributed by atoms with van der Waals surface area (Å²) in [5.41, 5.74) is 0.894. The summed E-state index contributed by atoms with van der Waals surface area (Å²) in [7, 11) is 0. The number of halogens is 2. The van der Waals surface area contributed by atoms with E-state index in [9.17, 15) is 4.39 Å². The van der Waals surface area contributed by atoms with Crippen LogP contribution in [0.25, 0.3) is 0 Å². The van der Waals surface area contributed by atoms with E-state index in [2.05, 4.69) is 12.9 Å². The van der Waals surface area contributed by atoms with Crippen LogP contribution in [-0.4, -0.2) is 40.8 Å². The fourth-order valence-electron chi connectivity index (χ4n) is 2.13. The van der Waals surface area contributed by atoms with Gasteiger partial charge in [0.2, 0.25) is 0 Å². The van der Waals surface area contributed by atoms with Crippen molar-refractivity contribution in [3.8, 4) is 5.75 Å². The van der Waals surface area contributed by atoms with Gasteiger partial charge in [-0.3, -0.25) is 0 Å². The van der Waals surface area contributed by atoms with Gasteiger partial charge in [0.05, 0.1) is 0 Å². The average molecular weight is 365 g/mol. The Labute approximate surface area is 119 Å². The molecule has 102 valence electrons. The molecule has 0 spiro atoms. The van der Waals surface area contributed by atoms with Gasteiger partial charge in [0.25, 0.3) is 0 Å². The number of ether oxygens (including phenoxy) is 1. The van der Waals surface area contributed by atoms with Gasteiger partial charge in [-0.05, 0) is 0 Å². The molecule has 0 radical (unpaired) electrons. The third-order valence-corrected chi connectivity index (χ3v) is 5.37. The normalized spacial score (nSPS) is 17.2. The van der Waals surface area contributed by atoms with Gasteiger partial charge in [0.1, 0.15) is 0 Å². The summed E-state index contributed by atoms with van der Waals surface area (Å²) in [5, 5.41) is 0. The first kappa shape index (κ1) is 13.9. The molecule has 3 nitrogen and oxygen atoms in total. The first-order valence-corrected chi connectivity index (χ1v) is 9.29. The summed E-state index contributed by atoms with van der Waals surface area (Å²) in [5.74, 6) is 0.138.